The summed E-state index contributed by atoms with van der Waals surface area (Å²) in [7, 11) is 0. The summed E-state index contributed by atoms with van der Waals surface area (Å²) < 4.78 is 0. The number of H-pyrrole nitrogens is 1. The lowest BCUT2D eigenvalue weighted by Crippen LogP contribution is -1.70. The maximum absolute atomic E-state index is 3.91. The van der Waals surface area contributed by atoms with Gasteiger partial charge in [0.05, 0.1) is 5.69 Å². The van der Waals surface area contributed by atoms with Gasteiger partial charge in [0.1, 0.15) is 0 Å². The van der Waals surface area contributed by atoms with Crippen LogP contribution in [-0.2, 0) is 0 Å². The van der Waals surface area contributed by atoms with Crippen molar-refractivity contribution in [3.05, 3.63) is 30.0 Å². The van der Waals surface area contributed by atoms with Crippen LogP contribution in [0.5, 0.6) is 0 Å². The molecule has 0 aliphatic heterocycles. The molecule has 0 radical (unpaired) electrons. The Balaban J connectivity index is 2.81. The van der Waals surface area contributed by atoms with E-state index in [1.54, 1.807) is 0 Å². The number of fused-ring (bicyclic) bond motifs is 1. The molecule has 0 saturated carbocycles. The Hall–Kier alpha value is -1.57. The van der Waals surface area contributed by atoms with Gasteiger partial charge in [-0.1, -0.05) is 12.1 Å². The zero-order valence-corrected chi connectivity index (χ0v) is 6.96. The second kappa shape index (κ2) is 2.48. The first-order chi connectivity index (χ1) is 5.81. The van der Waals surface area contributed by atoms with E-state index in [1.807, 2.05) is 6.20 Å². The third-order valence-electron chi connectivity index (χ3n) is 1.99. The highest BCUT2D eigenvalue weighted by molar-refractivity contribution is 5.91. The van der Waals surface area contributed by atoms with Gasteiger partial charge in [-0.3, -0.25) is 4.99 Å². The fourth-order valence-electron chi connectivity index (χ4n) is 1.36. The maximum atomic E-state index is 3.91. The molecule has 0 atom stereocenters. The Morgan fingerprint density at radius 1 is 1.42 bits per heavy atom. The molecular formula is C10H10N2. The quantitative estimate of drug-likeness (QED) is 0.618. The first kappa shape index (κ1) is 7.10. The van der Waals surface area contributed by atoms with Crippen LogP contribution in [0.25, 0.3) is 10.9 Å². The zero-order chi connectivity index (χ0) is 8.55. The van der Waals surface area contributed by atoms with Crippen molar-refractivity contribution in [2.75, 3.05) is 0 Å². The highest BCUT2D eigenvalue weighted by Gasteiger charge is 1.99. The molecule has 2 nitrogen and oxygen atoms in total. The summed E-state index contributed by atoms with van der Waals surface area (Å²) in [6, 6.07) is 6.24. The molecule has 1 aromatic carbocycles. The largest absolute Gasteiger partial charge is 0.359 e. The molecule has 12 heavy (non-hydrogen) atoms. The molecule has 0 aliphatic rings. The Kier molecular flexibility index (Phi) is 1.47. The standard InChI is InChI=1S/C10H10N2/c1-7-3-4-8-9(5-7)12-6-10(8)11-2/h3-6,12H,2H2,1H3. The predicted molar refractivity (Wildman–Crippen MR) is 52.2 cm³/mol. The Morgan fingerprint density at radius 2 is 2.25 bits per heavy atom. The summed E-state index contributed by atoms with van der Waals surface area (Å²) >= 11 is 0. The van der Waals surface area contributed by atoms with Gasteiger partial charge < -0.3 is 4.98 Å². The molecule has 0 unspecified atom stereocenters. The van der Waals surface area contributed by atoms with Crippen molar-refractivity contribution in [3.63, 3.8) is 0 Å². The van der Waals surface area contributed by atoms with Crippen molar-refractivity contribution >= 4 is 23.3 Å². The van der Waals surface area contributed by atoms with Crippen molar-refractivity contribution < 1.29 is 0 Å². The lowest BCUT2D eigenvalue weighted by molar-refractivity contribution is 1.43. The number of benzene rings is 1. The molecule has 2 aromatic rings. The van der Waals surface area contributed by atoms with Gasteiger partial charge in [-0.15, -0.1) is 0 Å². The zero-order valence-electron chi connectivity index (χ0n) is 6.96. The molecule has 1 aromatic heterocycles. The summed E-state index contributed by atoms with van der Waals surface area (Å²) in [6.45, 7) is 5.58. The van der Waals surface area contributed by atoms with Crippen LogP contribution in [0.2, 0.25) is 0 Å². The van der Waals surface area contributed by atoms with Crippen LogP contribution >= 0.6 is 0 Å². The number of hydrogen-bond acceptors (Lipinski definition) is 1. The fraction of sp³-hybridized carbons (Fsp3) is 0.100. The fourth-order valence-corrected chi connectivity index (χ4v) is 1.36. The van der Waals surface area contributed by atoms with Gasteiger partial charge >= 0.3 is 0 Å². The van der Waals surface area contributed by atoms with Crippen LogP contribution in [0.1, 0.15) is 5.56 Å². The van der Waals surface area contributed by atoms with Gasteiger partial charge in [0.2, 0.25) is 0 Å². The van der Waals surface area contributed by atoms with Gasteiger partial charge in [-0.05, 0) is 25.3 Å². The number of hydrogen-bond donors (Lipinski definition) is 1. The second-order valence-corrected chi connectivity index (χ2v) is 2.88. The number of aromatic amines is 1. The topological polar surface area (TPSA) is 28.1 Å². The minimum Gasteiger partial charge on any atom is -0.359 e. The van der Waals surface area contributed by atoms with Gasteiger partial charge in [0.15, 0.2) is 0 Å². The van der Waals surface area contributed by atoms with Crippen LogP contribution < -0.4 is 0 Å². The normalized spacial score (nSPS) is 10.4. The Bertz CT molecular complexity index is 426. The Labute approximate surface area is 70.9 Å². The van der Waals surface area contributed by atoms with E-state index in [0.29, 0.717) is 0 Å². The molecular weight excluding hydrogens is 148 g/mol. The molecule has 0 bridgehead atoms. The smallest absolute Gasteiger partial charge is 0.0875 e. The Morgan fingerprint density at radius 3 is 3.00 bits per heavy atom. The van der Waals surface area contributed by atoms with Crippen molar-refractivity contribution in [1.82, 2.24) is 4.98 Å². The molecule has 0 aliphatic carbocycles. The first-order valence-corrected chi connectivity index (χ1v) is 3.86. The summed E-state index contributed by atoms with van der Waals surface area (Å²) in [6.07, 6.45) is 1.87. The van der Waals surface area contributed by atoms with Crippen LogP contribution in [0.3, 0.4) is 0 Å². The summed E-state index contributed by atoms with van der Waals surface area (Å²) in [5, 5.41) is 1.13. The van der Waals surface area contributed by atoms with E-state index >= 15 is 0 Å². The molecule has 1 N–H and O–H groups in total. The molecule has 1 heterocycles. The number of aromatic nitrogens is 1. The van der Waals surface area contributed by atoms with Gasteiger partial charge in [-0.25, -0.2) is 0 Å². The van der Waals surface area contributed by atoms with Gasteiger partial charge in [0, 0.05) is 17.1 Å². The van der Waals surface area contributed by atoms with Gasteiger partial charge in [-0.2, -0.15) is 0 Å². The van der Waals surface area contributed by atoms with Crippen LogP contribution in [0, 0.1) is 6.92 Å². The third-order valence-corrected chi connectivity index (χ3v) is 1.99. The molecule has 0 amide bonds. The number of aryl methyl sites for hydroxylation is 1. The van der Waals surface area contributed by atoms with Crippen LogP contribution in [0.15, 0.2) is 29.4 Å². The number of rotatable bonds is 1. The average molecular weight is 158 g/mol. The van der Waals surface area contributed by atoms with Crippen molar-refractivity contribution in [1.29, 1.82) is 0 Å². The van der Waals surface area contributed by atoms with E-state index in [1.165, 1.54) is 5.56 Å². The maximum Gasteiger partial charge on any atom is 0.0875 e. The monoisotopic (exact) mass is 158 g/mol. The molecule has 2 rings (SSSR count). The highest BCUT2D eigenvalue weighted by Crippen LogP contribution is 2.25. The summed E-state index contributed by atoms with van der Waals surface area (Å²) in [5.74, 6) is 0. The lowest BCUT2D eigenvalue weighted by Gasteiger charge is -1.92. The van der Waals surface area contributed by atoms with Crippen molar-refractivity contribution in [3.8, 4) is 0 Å². The van der Waals surface area contributed by atoms with Crippen LogP contribution in [0.4, 0.5) is 5.69 Å². The van der Waals surface area contributed by atoms with E-state index < -0.39 is 0 Å². The summed E-state index contributed by atoms with van der Waals surface area (Å²) in [4.78, 5) is 7.05. The molecule has 0 saturated heterocycles. The minimum atomic E-state index is 0.921. The third kappa shape index (κ3) is 0.925. The van der Waals surface area contributed by atoms with Gasteiger partial charge in [0.25, 0.3) is 0 Å². The molecule has 0 fully saturated rings. The second-order valence-electron chi connectivity index (χ2n) is 2.88. The molecule has 60 valence electrons. The number of nitrogens with zero attached hydrogens (tertiary/aromatic N) is 1. The highest BCUT2D eigenvalue weighted by atomic mass is 14.8. The van der Waals surface area contributed by atoms with Crippen molar-refractivity contribution in [2.45, 2.75) is 6.92 Å². The number of nitrogens with one attached hydrogen (secondary N) is 1. The van der Waals surface area contributed by atoms with E-state index in [9.17, 15) is 0 Å². The average Bonchev–Trinajstić information content (AvgIpc) is 2.46. The lowest BCUT2D eigenvalue weighted by atomic mass is 10.2. The summed E-state index contributed by atoms with van der Waals surface area (Å²) in [5.41, 5.74) is 3.29. The SMILES string of the molecule is C=Nc1c[nH]c2cc(C)ccc12. The van der Waals surface area contributed by atoms with Crippen LogP contribution in [-0.4, -0.2) is 11.7 Å². The molecule has 2 heteroatoms. The van der Waals surface area contributed by atoms with Crippen molar-refractivity contribution in [2.24, 2.45) is 4.99 Å². The van der Waals surface area contributed by atoms with E-state index in [2.05, 4.69) is 41.8 Å². The first-order valence-electron chi connectivity index (χ1n) is 3.86. The predicted octanol–water partition coefficient (Wildman–Crippen LogP) is 2.81. The molecule has 0 spiro atoms. The number of aliphatic imine (C=N–C) groups is 1. The van der Waals surface area contributed by atoms with E-state index in [0.717, 1.165) is 16.6 Å². The van der Waals surface area contributed by atoms with E-state index in [4.69, 9.17) is 0 Å². The van der Waals surface area contributed by atoms with E-state index in [-0.39, 0.29) is 0 Å². The minimum absolute atomic E-state index is 0.921.